The first kappa shape index (κ1) is 22.5. The zero-order valence-corrected chi connectivity index (χ0v) is 19.6. The van der Waals surface area contributed by atoms with Crippen LogP contribution < -0.4 is 15.5 Å². The second-order valence-corrected chi connectivity index (χ2v) is 9.24. The number of nitrogens with one attached hydrogen (secondary N) is 2. The molecule has 2 N–H and O–H groups in total. The average Bonchev–Trinajstić information content (AvgIpc) is 3.43. The number of nitrogens with zero attached hydrogens (tertiary/aromatic N) is 5. The number of imide groups is 2. The van der Waals surface area contributed by atoms with Gasteiger partial charge in [0.25, 0.3) is 0 Å². The summed E-state index contributed by atoms with van der Waals surface area (Å²) in [6, 6.07) is -0.129. The molecule has 188 valence electrons. The van der Waals surface area contributed by atoms with Crippen LogP contribution >= 0.6 is 0 Å². The van der Waals surface area contributed by atoms with Gasteiger partial charge in [-0.3, -0.25) is 20.2 Å². The van der Waals surface area contributed by atoms with Crippen molar-refractivity contribution >= 4 is 34.5 Å². The van der Waals surface area contributed by atoms with Gasteiger partial charge in [0.05, 0.1) is 29.3 Å². The van der Waals surface area contributed by atoms with Gasteiger partial charge in [0.1, 0.15) is 12.9 Å². The van der Waals surface area contributed by atoms with Gasteiger partial charge in [-0.1, -0.05) is 5.16 Å². The molecule has 0 radical (unpaired) electrons. The maximum Gasteiger partial charge on any atom is 0.328 e. The van der Waals surface area contributed by atoms with E-state index in [-0.39, 0.29) is 48.2 Å². The molecular weight excluding hydrogens is 477 g/mol. The number of barbiturate groups is 1. The van der Waals surface area contributed by atoms with E-state index in [1.54, 1.807) is 17.9 Å². The zero-order chi connectivity index (χ0) is 25.4. The Morgan fingerprint density at radius 2 is 2.00 bits per heavy atom. The fourth-order valence-electron chi connectivity index (χ4n) is 5.76. The molecule has 2 fully saturated rings. The van der Waals surface area contributed by atoms with Crippen molar-refractivity contribution in [2.24, 2.45) is 5.41 Å². The van der Waals surface area contributed by atoms with Crippen LogP contribution in [-0.2, 0) is 32.1 Å². The second-order valence-electron chi connectivity index (χ2n) is 9.24. The predicted octanol–water partition coefficient (Wildman–Crippen LogP) is 0.585. The Balaban J connectivity index is 1.58. The lowest BCUT2D eigenvalue weighted by molar-refractivity contribution is -0.153. The normalized spacial score (nSPS) is 25.1. The van der Waals surface area contributed by atoms with Crippen LogP contribution in [0.2, 0.25) is 0 Å². The number of carbonyl (C=O) groups is 3. The summed E-state index contributed by atoms with van der Waals surface area (Å²) in [5.74, 6) is -1.59. The molecule has 0 unspecified atom stereocenters. The van der Waals surface area contributed by atoms with Crippen LogP contribution in [0.1, 0.15) is 25.2 Å². The molecule has 3 aliphatic heterocycles. The van der Waals surface area contributed by atoms with Crippen molar-refractivity contribution in [1.82, 2.24) is 30.6 Å². The summed E-state index contributed by atoms with van der Waals surface area (Å²) in [6.07, 6.45) is 0.200. The lowest BCUT2D eigenvalue weighted by atomic mass is 9.66. The number of methoxy groups -OCH3 is 1. The Kier molecular flexibility index (Phi) is 4.88. The number of fused-ring (bicyclic) bond motifs is 5. The largest absolute Gasteiger partial charge is 0.377 e. The number of hydrogen-bond donors (Lipinski definition) is 2. The van der Waals surface area contributed by atoms with Crippen molar-refractivity contribution in [3.8, 4) is 5.82 Å². The fourth-order valence-corrected chi connectivity index (χ4v) is 5.76. The van der Waals surface area contributed by atoms with Gasteiger partial charge in [0.15, 0.2) is 17.1 Å². The molecule has 2 saturated heterocycles. The SMILES string of the molecule is COCc1ncnn1-c1noc2c(F)c3c(cc12)CC1(C(=O)NC(=O)NC1=O)[C@H]1[C@H](C)O[C@H](C)CN31. The van der Waals surface area contributed by atoms with Crippen LogP contribution in [0.3, 0.4) is 0 Å². The Hall–Kier alpha value is -3.91. The average molecular weight is 499 g/mol. The standard InChI is InChI=1S/C22H22FN7O6/c1-9-6-29-15-11(5-22(17(29)10(2)35-9)19(31)26-21(33)27-20(22)32)4-12-16(14(15)23)36-28-18(12)30-13(7-34-3)24-8-25-30/h4,8-10,17H,5-7H2,1-3H3,(H2,26,27,31,32,33)/t9-,10+,17-/m1/s1. The van der Waals surface area contributed by atoms with Crippen LogP contribution in [0.25, 0.3) is 16.8 Å². The molecule has 36 heavy (non-hydrogen) atoms. The number of morpholine rings is 1. The highest BCUT2D eigenvalue weighted by Crippen LogP contribution is 2.49. The molecule has 0 aliphatic carbocycles. The molecule has 13 nitrogen and oxygen atoms in total. The van der Waals surface area contributed by atoms with Gasteiger partial charge in [-0.2, -0.15) is 9.78 Å². The highest BCUT2D eigenvalue weighted by atomic mass is 19.1. The third-order valence-corrected chi connectivity index (χ3v) is 7.04. The Bertz CT molecular complexity index is 1410. The predicted molar refractivity (Wildman–Crippen MR) is 119 cm³/mol. The first-order chi connectivity index (χ1) is 17.3. The lowest BCUT2D eigenvalue weighted by Crippen LogP contribution is -2.75. The number of urea groups is 1. The number of halogens is 1. The van der Waals surface area contributed by atoms with Crippen molar-refractivity contribution < 1.29 is 32.8 Å². The topological polar surface area (TPSA) is 154 Å². The summed E-state index contributed by atoms with van der Waals surface area (Å²) in [5.41, 5.74) is -1.24. The van der Waals surface area contributed by atoms with Crippen molar-refractivity contribution in [3.05, 3.63) is 29.6 Å². The molecule has 0 saturated carbocycles. The van der Waals surface area contributed by atoms with E-state index in [0.29, 0.717) is 11.4 Å². The van der Waals surface area contributed by atoms with E-state index in [4.69, 9.17) is 14.0 Å². The minimum atomic E-state index is -1.73. The van der Waals surface area contributed by atoms with Crippen molar-refractivity contribution in [2.75, 3.05) is 18.6 Å². The molecule has 0 bridgehead atoms. The van der Waals surface area contributed by atoms with Gasteiger partial charge < -0.3 is 18.9 Å². The molecule has 3 atom stereocenters. The number of ether oxygens (including phenoxy) is 2. The summed E-state index contributed by atoms with van der Waals surface area (Å²) in [5, 5.41) is 12.9. The van der Waals surface area contributed by atoms with E-state index in [2.05, 4.69) is 25.9 Å². The van der Waals surface area contributed by atoms with Gasteiger partial charge in [-0.05, 0) is 25.5 Å². The number of rotatable bonds is 3. The molecule has 2 aromatic heterocycles. The molecule has 4 amide bonds. The van der Waals surface area contributed by atoms with Crippen LogP contribution in [-0.4, -0.2) is 69.7 Å². The smallest absolute Gasteiger partial charge is 0.328 e. The van der Waals surface area contributed by atoms with Crippen molar-refractivity contribution in [1.29, 1.82) is 0 Å². The van der Waals surface area contributed by atoms with Gasteiger partial charge in [0.2, 0.25) is 23.2 Å². The molecule has 3 aliphatic rings. The van der Waals surface area contributed by atoms with Crippen LogP contribution in [0.5, 0.6) is 0 Å². The maximum atomic E-state index is 16.2. The summed E-state index contributed by atoms with van der Waals surface area (Å²) >= 11 is 0. The van der Waals surface area contributed by atoms with E-state index in [0.717, 1.165) is 0 Å². The first-order valence-electron chi connectivity index (χ1n) is 11.3. The molecule has 6 rings (SSSR count). The van der Waals surface area contributed by atoms with Gasteiger partial charge in [-0.15, -0.1) is 0 Å². The van der Waals surface area contributed by atoms with Crippen LogP contribution in [0.4, 0.5) is 14.9 Å². The maximum absolute atomic E-state index is 16.2. The van der Waals surface area contributed by atoms with Crippen LogP contribution in [0.15, 0.2) is 16.9 Å². The molecule has 14 heteroatoms. The minimum absolute atomic E-state index is 0.100. The number of carbonyl (C=O) groups excluding carboxylic acids is 3. The molecule has 3 aromatic rings. The molecule has 5 heterocycles. The quantitative estimate of drug-likeness (QED) is 0.489. The fraction of sp³-hybridized carbons (Fsp3) is 0.455. The summed E-state index contributed by atoms with van der Waals surface area (Å²) < 4.78 is 34.0. The van der Waals surface area contributed by atoms with Crippen molar-refractivity contribution in [2.45, 2.75) is 45.1 Å². The number of hydrogen-bond acceptors (Lipinski definition) is 10. The summed E-state index contributed by atoms with van der Waals surface area (Å²) in [7, 11) is 1.50. The number of amides is 4. The summed E-state index contributed by atoms with van der Waals surface area (Å²) in [6.45, 7) is 3.89. The van der Waals surface area contributed by atoms with Gasteiger partial charge >= 0.3 is 6.03 Å². The monoisotopic (exact) mass is 499 g/mol. The Morgan fingerprint density at radius 1 is 1.25 bits per heavy atom. The number of anilines is 1. The van der Waals surface area contributed by atoms with E-state index in [1.165, 1.54) is 18.1 Å². The third kappa shape index (κ3) is 2.94. The third-order valence-electron chi connectivity index (χ3n) is 7.04. The molecular formula is C22H22FN7O6. The molecule has 1 spiro atoms. The highest BCUT2D eigenvalue weighted by Gasteiger charge is 2.63. The van der Waals surface area contributed by atoms with E-state index in [9.17, 15) is 14.4 Å². The van der Waals surface area contributed by atoms with Crippen molar-refractivity contribution in [3.63, 3.8) is 0 Å². The van der Waals surface area contributed by atoms with E-state index in [1.807, 2.05) is 6.92 Å². The Labute approximate surface area is 202 Å². The van der Waals surface area contributed by atoms with E-state index < -0.39 is 41.2 Å². The number of aromatic nitrogens is 4. The van der Waals surface area contributed by atoms with Crippen LogP contribution in [0, 0.1) is 11.2 Å². The summed E-state index contributed by atoms with van der Waals surface area (Å²) in [4.78, 5) is 44.3. The minimum Gasteiger partial charge on any atom is -0.377 e. The molecule has 1 aromatic carbocycles. The van der Waals surface area contributed by atoms with Gasteiger partial charge in [-0.25, -0.2) is 14.2 Å². The lowest BCUT2D eigenvalue weighted by Gasteiger charge is -2.55. The number of benzene rings is 1. The highest BCUT2D eigenvalue weighted by molar-refractivity contribution is 6.20. The first-order valence-corrected chi connectivity index (χ1v) is 11.3. The Morgan fingerprint density at radius 3 is 2.72 bits per heavy atom. The van der Waals surface area contributed by atoms with E-state index >= 15 is 4.39 Å². The van der Waals surface area contributed by atoms with Gasteiger partial charge in [0, 0.05) is 20.1 Å². The zero-order valence-electron chi connectivity index (χ0n) is 19.6. The second kappa shape index (κ2) is 7.80.